The van der Waals surface area contributed by atoms with Crippen LogP contribution in [0, 0.1) is 5.41 Å². The first-order valence-corrected chi connectivity index (χ1v) is 6.37. The van der Waals surface area contributed by atoms with Crippen LogP contribution in [0.4, 0.5) is 0 Å². The molecule has 0 spiro atoms. The molecule has 0 aliphatic rings. The Bertz CT molecular complexity index is 333. The van der Waals surface area contributed by atoms with E-state index in [9.17, 15) is 0 Å². The smallest absolute Gasteiger partial charge is 0.0138 e. The van der Waals surface area contributed by atoms with Crippen LogP contribution < -0.4 is 5.73 Å². The highest BCUT2D eigenvalue weighted by Gasteiger charge is 2.10. The number of aryl methyl sites for hydroxylation is 1. The summed E-state index contributed by atoms with van der Waals surface area (Å²) in [5.41, 5.74) is 8.55. The van der Waals surface area contributed by atoms with Gasteiger partial charge in [0.15, 0.2) is 0 Å². The first-order valence-electron chi connectivity index (χ1n) is 6.37. The zero-order valence-electron chi connectivity index (χ0n) is 11.0. The lowest BCUT2D eigenvalue weighted by Crippen LogP contribution is -2.34. The van der Waals surface area contributed by atoms with Crippen LogP contribution in [0.25, 0.3) is 0 Å². The number of benzene rings is 1. The van der Waals surface area contributed by atoms with Crippen LogP contribution in [0.1, 0.15) is 44.2 Å². The first kappa shape index (κ1) is 13.9. The molecule has 0 bridgehead atoms. The second-order valence-corrected chi connectivity index (χ2v) is 5.43. The van der Waals surface area contributed by atoms with Gasteiger partial charge in [0.05, 0.1) is 0 Å². The van der Waals surface area contributed by atoms with E-state index in [1.807, 2.05) is 0 Å². The zero-order valence-corrected chi connectivity index (χ0v) is 11.0. The highest BCUT2D eigenvalue weighted by Crippen LogP contribution is 2.13. The minimum Gasteiger partial charge on any atom is -0.325 e. The molecule has 0 heterocycles. The number of rotatable bonds is 7. The molecule has 94 valence electrons. The summed E-state index contributed by atoms with van der Waals surface area (Å²) in [4.78, 5) is 0. The van der Waals surface area contributed by atoms with E-state index < -0.39 is 0 Å². The standard InChI is InChI=1S/C15H24N2/c1-15(2,17)12-14-9-7-13(8-10-14)6-4-3-5-11-16/h7-11,16H,3-6,12,17H2,1-2H3. The fraction of sp³-hybridized carbons (Fsp3) is 0.533. The number of nitrogens with two attached hydrogens (primary N) is 1. The van der Waals surface area contributed by atoms with Gasteiger partial charge in [0.2, 0.25) is 0 Å². The van der Waals surface area contributed by atoms with E-state index in [1.165, 1.54) is 17.3 Å². The van der Waals surface area contributed by atoms with Crippen molar-refractivity contribution < 1.29 is 0 Å². The Morgan fingerprint density at radius 2 is 1.71 bits per heavy atom. The van der Waals surface area contributed by atoms with E-state index in [4.69, 9.17) is 11.1 Å². The molecule has 0 atom stereocenters. The fourth-order valence-corrected chi connectivity index (χ4v) is 1.93. The average molecular weight is 232 g/mol. The van der Waals surface area contributed by atoms with Gasteiger partial charge in [-0.05, 0) is 63.3 Å². The van der Waals surface area contributed by atoms with Crippen molar-refractivity contribution >= 4 is 6.21 Å². The van der Waals surface area contributed by atoms with Gasteiger partial charge in [0.1, 0.15) is 0 Å². The van der Waals surface area contributed by atoms with Crippen molar-refractivity contribution in [2.75, 3.05) is 0 Å². The van der Waals surface area contributed by atoms with Crippen LogP contribution in [0.3, 0.4) is 0 Å². The minimum absolute atomic E-state index is 0.133. The largest absolute Gasteiger partial charge is 0.325 e. The van der Waals surface area contributed by atoms with E-state index in [1.54, 1.807) is 0 Å². The zero-order chi connectivity index (χ0) is 12.7. The molecule has 1 aromatic carbocycles. The molecule has 17 heavy (non-hydrogen) atoms. The molecule has 0 fully saturated rings. The van der Waals surface area contributed by atoms with Gasteiger partial charge >= 0.3 is 0 Å². The summed E-state index contributed by atoms with van der Waals surface area (Å²) in [6.45, 7) is 4.11. The van der Waals surface area contributed by atoms with E-state index in [2.05, 4.69) is 38.1 Å². The van der Waals surface area contributed by atoms with Crippen LogP contribution in [-0.4, -0.2) is 11.8 Å². The van der Waals surface area contributed by atoms with Gasteiger partial charge in [-0.25, -0.2) is 0 Å². The van der Waals surface area contributed by atoms with Crippen molar-refractivity contribution in [1.29, 1.82) is 5.41 Å². The van der Waals surface area contributed by atoms with Gasteiger partial charge in [0.25, 0.3) is 0 Å². The predicted molar refractivity (Wildman–Crippen MR) is 74.8 cm³/mol. The van der Waals surface area contributed by atoms with Crippen LogP contribution >= 0.6 is 0 Å². The lowest BCUT2D eigenvalue weighted by atomic mass is 9.95. The lowest BCUT2D eigenvalue weighted by molar-refractivity contribution is 0.516. The summed E-state index contributed by atoms with van der Waals surface area (Å²) >= 11 is 0. The highest BCUT2D eigenvalue weighted by atomic mass is 14.7. The molecule has 3 N–H and O–H groups in total. The summed E-state index contributed by atoms with van der Waals surface area (Å²) < 4.78 is 0. The summed E-state index contributed by atoms with van der Waals surface area (Å²) in [7, 11) is 0. The molecular formula is C15H24N2. The molecule has 0 unspecified atom stereocenters. The van der Waals surface area contributed by atoms with Gasteiger partial charge in [-0.2, -0.15) is 0 Å². The van der Waals surface area contributed by atoms with E-state index in [-0.39, 0.29) is 5.54 Å². The molecule has 0 aliphatic carbocycles. The second-order valence-electron chi connectivity index (χ2n) is 5.43. The van der Waals surface area contributed by atoms with E-state index >= 15 is 0 Å². The van der Waals surface area contributed by atoms with E-state index in [0.717, 1.165) is 32.1 Å². The van der Waals surface area contributed by atoms with Crippen molar-refractivity contribution in [2.24, 2.45) is 5.73 Å². The molecule has 1 aromatic rings. The molecule has 0 saturated carbocycles. The van der Waals surface area contributed by atoms with Crippen molar-refractivity contribution in [3.8, 4) is 0 Å². The van der Waals surface area contributed by atoms with Crippen LogP contribution in [0.5, 0.6) is 0 Å². The van der Waals surface area contributed by atoms with Crippen molar-refractivity contribution in [1.82, 2.24) is 0 Å². The molecule has 1 rings (SSSR count). The Morgan fingerprint density at radius 1 is 1.12 bits per heavy atom. The van der Waals surface area contributed by atoms with Gasteiger partial charge in [-0.3, -0.25) is 0 Å². The number of nitrogens with one attached hydrogen (secondary N) is 1. The molecule has 0 radical (unpaired) electrons. The summed E-state index contributed by atoms with van der Waals surface area (Å²) in [6.07, 6.45) is 6.70. The average Bonchev–Trinajstić information content (AvgIpc) is 2.25. The van der Waals surface area contributed by atoms with Crippen LogP contribution in [0.2, 0.25) is 0 Å². The van der Waals surface area contributed by atoms with Crippen molar-refractivity contribution in [3.63, 3.8) is 0 Å². The maximum absolute atomic E-state index is 6.96. The lowest BCUT2D eigenvalue weighted by Gasteiger charge is -2.18. The predicted octanol–water partition coefficient (Wildman–Crippen LogP) is 3.33. The van der Waals surface area contributed by atoms with Gasteiger partial charge < -0.3 is 11.1 Å². The Labute approximate surface area is 105 Å². The number of hydrogen-bond donors (Lipinski definition) is 2. The van der Waals surface area contributed by atoms with Crippen LogP contribution in [-0.2, 0) is 12.8 Å². The Morgan fingerprint density at radius 3 is 2.24 bits per heavy atom. The van der Waals surface area contributed by atoms with Crippen molar-refractivity contribution in [3.05, 3.63) is 35.4 Å². The highest BCUT2D eigenvalue weighted by molar-refractivity contribution is 5.52. The summed E-state index contributed by atoms with van der Waals surface area (Å²) in [5.74, 6) is 0. The van der Waals surface area contributed by atoms with Crippen LogP contribution in [0.15, 0.2) is 24.3 Å². The van der Waals surface area contributed by atoms with Crippen molar-refractivity contribution in [2.45, 2.75) is 51.5 Å². The third-order valence-corrected chi connectivity index (χ3v) is 2.75. The molecule has 2 heteroatoms. The Kier molecular flexibility index (Phi) is 5.36. The fourth-order valence-electron chi connectivity index (χ4n) is 1.93. The quantitative estimate of drug-likeness (QED) is 0.550. The Hall–Kier alpha value is -1.15. The molecule has 0 amide bonds. The number of hydrogen-bond acceptors (Lipinski definition) is 2. The third kappa shape index (κ3) is 6.22. The summed E-state index contributed by atoms with van der Waals surface area (Å²) in [5, 5.41) is 6.96. The molecule has 0 aliphatic heterocycles. The SMILES string of the molecule is CC(C)(N)Cc1ccc(CCCCC=N)cc1. The van der Waals surface area contributed by atoms with Gasteiger partial charge in [-0.1, -0.05) is 24.3 Å². The monoisotopic (exact) mass is 232 g/mol. The minimum atomic E-state index is -0.133. The normalized spacial score (nSPS) is 11.5. The van der Waals surface area contributed by atoms with Gasteiger partial charge in [-0.15, -0.1) is 0 Å². The van der Waals surface area contributed by atoms with E-state index in [0.29, 0.717) is 0 Å². The molecular weight excluding hydrogens is 208 g/mol. The first-order chi connectivity index (χ1) is 8.01. The van der Waals surface area contributed by atoms with Gasteiger partial charge in [0, 0.05) is 5.54 Å². The molecule has 0 aromatic heterocycles. The topological polar surface area (TPSA) is 49.9 Å². The summed E-state index contributed by atoms with van der Waals surface area (Å²) in [6, 6.07) is 8.76. The molecule has 0 saturated heterocycles. The maximum Gasteiger partial charge on any atom is 0.0138 e. The molecule has 2 nitrogen and oxygen atoms in total. The maximum atomic E-state index is 6.96. The Balaban J connectivity index is 2.42. The number of unbranched alkanes of at least 4 members (excludes halogenated alkanes) is 2. The third-order valence-electron chi connectivity index (χ3n) is 2.75. The second kappa shape index (κ2) is 6.55.